The number of carbonyl (C=O) groups excluding carboxylic acids is 2. The average Bonchev–Trinajstić information content (AvgIpc) is 2.94. The fourth-order valence-electron chi connectivity index (χ4n) is 2.25. The molecule has 0 aliphatic carbocycles. The summed E-state index contributed by atoms with van der Waals surface area (Å²) in [6.45, 7) is 3.63. The number of carbonyl (C=O) groups is 3. The summed E-state index contributed by atoms with van der Waals surface area (Å²) in [5.74, 6) is -1.57. The van der Waals surface area contributed by atoms with E-state index in [2.05, 4.69) is 5.10 Å². The van der Waals surface area contributed by atoms with E-state index in [1.165, 1.54) is 10.7 Å². The van der Waals surface area contributed by atoms with Crippen molar-refractivity contribution in [3.63, 3.8) is 0 Å². The topological polar surface area (TPSA) is 102 Å². The number of nitrogens with zero attached hydrogens (tertiary/aromatic N) is 3. The molecule has 8 heteroatoms. The molecular formula is C14H19N3O5. The zero-order valence-corrected chi connectivity index (χ0v) is 12.4. The maximum Gasteiger partial charge on any atom is 0.356 e. The lowest BCUT2D eigenvalue weighted by atomic mass is 10.2. The molecule has 0 aromatic carbocycles. The van der Waals surface area contributed by atoms with Crippen molar-refractivity contribution in [2.75, 3.05) is 19.7 Å². The van der Waals surface area contributed by atoms with Crippen molar-refractivity contribution in [1.29, 1.82) is 0 Å². The van der Waals surface area contributed by atoms with E-state index in [4.69, 9.17) is 9.84 Å². The molecule has 8 nitrogen and oxygen atoms in total. The fourth-order valence-corrected chi connectivity index (χ4v) is 2.25. The maximum atomic E-state index is 12.3. The van der Waals surface area contributed by atoms with Crippen LogP contribution >= 0.6 is 0 Å². The Labute approximate surface area is 127 Å². The molecule has 0 saturated heterocycles. The Morgan fingerprint density at radius 3 is 2.82 bits per heavy atom. The molecule has 1 aromatic heterocycles. The van der Waals surface area contributed by atoms with Crippen LogP contribution in [-0.2, 0) is 16.1 Å². The van der Waals surface area contributed by atoms with Crippen LogP contribution in [0.2, 0.25) is 0 Å². The number of carboxylic acids is 1. The Morgan fingerprint density at radius 2 is 2.14 bits per heavy atom. The number of carboxylic acid groups (broad SMARTS) is 1. The standard InChI is InChI=1S/C14H19N3O5/c1-2-12(18)22-8-4-3-5-16-6-7-17-11(13(16)19)9-10(15-17)14(20)21/h9H,2-8H2,1H3,(H,20,21). The lowest BCUT2D eigenvalue weighted by Crippen LogP contribution is -2.40. The van der Waals surface area contributed by atoms with Crippen molar-refractivity contribution < 1.29 is 24.2 Å². The number of fused-ring (bicyclic) bond motifs is 1. The first-order chi connectivity index (χ1) is 10.5. The van der Waals surface area contributed by atoms with Crippen molar-refractivity contribution in [2.24, 2.45) is 0 Å². The highest BCUT2D eigenvalue weighted by molar-refractivity contribution is 5.96. The number of unbranched alkanes of at least 4 members (excludes halogenated alkanes) is 1. The van der Waals surface area contributed by atoms with E-state index < -0.39 is 5.97 Å². The van der Waals surface area contributed by atoms with Gasteiger partial charge in [0.2, 0.25) is 0 Å². The summed E-state index contributed by atoms with van der Waals surface area (Å²) in [6, 6.07) is 1.31. The van der Waals surface area contributed by atoms with Gasteiger partial charge in [0.15, 0.2) is 5.69 Å². The first kappa shape index (κ1) is 16.0. The van der Waals surface area contributed by atoms with E-state index in [1.807, 2.05) is 0 Å². The molecule has 1 amide bonds. The lowest BCUT2D eigenvalue weighted by Gasteiger charge is -2.27. The molecule has 0 radical (unpaired) electrons. The quantitative estimate of drug-likeness (QED) is 0.589. The van der Waals surface area contributed by atoms with E-state index in [9.17, 15) is 14.4 Å². The predicted molar refractivity (Wildman–Crippen MR) is 75.6 cm³/mol. The number of rotatable bonds is 7. The zero-order valence-electron chi connectivity index (χ0n) is 12.4. The van der Waals surface area contributed by atoms with Crippen molar-refractivity contribution in [3.8, 4) is 0 Å². The third kappa shape index (κ3) is 3.63. The van der Waals surface area contributed by atoms with Crippen LogP contribution in [0.3, 0.4) is 0 Å². The Bertz CT molecular complexity index is 581. The molecule has 1 aliphatic rings. The van der Waals surface area contributed by atoms with E-state index in [0.717, 1.165) is 6.42 Å². The monoisotopic (exact) mass is 309 g/mol. The second-order valence-electron chi connectivity index (χ2n) is 5.02. The number of ether oxygens (including phenoxy) is 1. The second-order valence-corrected chi connectivity index (χ2v) is 5.02. The van der Waals surface area contributed by atoms with Gasteiger partial charge in [-0.3, -0.25) is 14.3 Å². The van der Waals surface area contributed by atoms with Gasteiger partial charge in [-0.1, -0.05) is 6.92 Å². The van der Waals surface area contributed by atoms with Gasteiger partial charge in [0, 0.05) is 25.6 Å². The highest BCUT2D eigenvalue weighted by Crippen LogP contribution is 2.14. The summed E-state index contributed by atoms with van der Waals surface area (Å²) in [5.41, 5.74) is 0.192. The summed E-state index contributed by atoms with van der Waals surface area (Å²) in [5, 5.41) is 12.8. The molecule has 1 N–H and O–H groups in total. The third-order valence-electron chi connectivity index (χ3n) is 3.46. The second kappa shape index (κ2) is 7.06. The Balaban J connectivity index is 1.83. The van der Waals surface area contributed by atoms with Crippen LogP contribution in [0.25, 0.3) is 0 Å². The lowest BCUT2D eigenvalue weighted by molar-refractivity contribution is -0.143. The summed E-state index contributed by atoms with van der Waals surface area (Å²) in [4.78, 5) is 35.8. The van der Waals surface area contributed by atoms with Gasteiger partial charge in [0.25, 0.3) is 5.91 Å². The van der Waals surface area contributed by atoms with Crippen molar-refractivity contribution >= 4 is 17.8 Å². The van der Waals surface area contributed by atoms with Crippen LogP contribution in [0.5, 0.6) is 0 Å². The van der Waals surface area contributed by atoms with Crippen molar-refractivity contribution in [3.05, 3.63) is 17.5 Å². The highest BCUT2D eigenvalue weighted by atomic mass is 16.5. The minimum atomic E-state index is -1.14. The van der Waals surface area contributed by atoms with E-state index in [0.29, 0.717) is 44.8 Å². The van der Waals surface area contributed by atoms with Crippen LogP contribution in [-0.4, -0.2) is 57.3 Å². The minimum absolute atomic E-state index is 0.114. The van der Waals surface area contributed by atoms with E-state index in [-0.39, 0.29) is 17.6 Å². The molecule has 0 saturated carbocycles. The van der Waals surface area contributed by atoms with Gasteiger partial charge < -0.3 is 14.7 Å². The van der Waals surface area contributed by atoms with Gasteiger partial charge in [-0.15, -0.1) is 0 Å². The molecule has 120 valence electrons. The molecule has 0 fully saturated rings. The van der Waals surface area contributed by atoms with Crippen LogP contribution in [0, 0.1) is 0 Å². The summed E-state index contributed by atoms with van der Waals surface area (Å²) in [7, 11) is 0. The molecule has 1 aromatic rings. The average molecular weight is 309 g/mol. The van der Waals surface area contributed by atoms with Crippen LogP contribution in [0.1, 0.15) is 47.2 Å². The molecule has 22 heavy (non-hydrogen) atoms. The van der Waals surface area contributed by atoms with Gasteiger partial charge in [0.05, 0.1) is 13.2 Å². The largest absolute Gasteiger partial charge is 0.476 e. The maximum absolute atomic E-state index is 12.3. The summed E-state index contributed by atoms with van der Waals surface area (Å²) >= 11 is 0. The molecule has 0 atom stereocenters. The smallest absolute Gasteiger partial charge is 0.356 e. The molecule has 0 bridgehead atoms. The summed E-state index contributed by atoms with van der Waals surface area (Å²) in [6.07, 6.45) is 1.78. The fraction of sp³-hybridized carbons (Fsp3) is 0.571. The zero-order chi connectivity index (χ0) is 16.1. The third-order valence-corrected chi connectivity index (χ3v) is 3.46. The van der Waals surface area contributed by atoms with Gasteiger partial charge in [0.1, 0.15) is 5.69 Å². The number of esters is 1. The molecule has 2 heterocycles. The Kier molecular flexibility index (Phi) is 5.13. The molecule has 1 aliphatic heterocycles. The van der Waals surface area contributed by atoms with Crippen molar-refractivity contribution in [1.82, 2.24) is 14.7 Å². The van der Waals surface area contributed by atoms with Gasteiger partial charge >= 0.3 is 11.9 Å². The van der Waals surface area contributed by atoms with E-state index >= 15 is 0 Å². The predicted octanol–water partition coefficient (Wildman–Crippen LogP) is 0.770. The number of amides is 1. The first-order valence-corrected chi connectivity index (χ1v) is 7.29. The molecule has 0 spiro atoms. The number of hydrogen-bond acceptors (Lipinski definition) is 5. The number of hydrogen-bond donors (Lipinski definition) is 1. The SMILES string of the molecule is CCC(=O)OCCCCN1CCn2nc(C(=O)O)cc2C1=O. The Morgan fingerprint density at radius 1 is 1.36 bits per heavy atom. The van der Waals surface area contributed by atoms with Crippen LogP contribution in [0.4, 0.5) is 0 Å². The van der Waals surface area contributed by atoms with E-state index in [1.54, 1.807) is 11.8 Å². The summed E-state index contributed by atoms with van der Waals surface area (Å²) < 4.78 is 6.41. The minimum Gasteiger partial charge on any atom is -0.476 e. The normalized spacial score (nSPS) is 13.9. The first-order valence-electron chi connectivity index (χ1n) is 7.29. The van der Waals surface area contributed by atoms with Gasteiger partial charge in [-0.2, -0.15) is 5.10 Å². The van der Waals surface area contributed by atoms with Crippen LogP contribution < -0.4 is 0 Å². The van der Waals surface area contributed by atoms with Crippen LogP contribution in [0.15, 0.2) is 6.07 Å². The van der Waals surface area contributed by atoms with Gasteiger partial charge in [-0.25, -0.2) is 4.79 Å². The molecule has 2 rings (SSSR count). The van der Waals surface area contributed by atoms with Crippen molar-refractivity contribution in [2.45, 2.75) is 32.7 Å². The number of aromatic carboxylic acids is 1. The number of aromatic nitrogens is 2. The molecular weight excluding hydrogens is 290 g/mol. The highest BCUT2D eigenvalue weighted by Gasteiger charge is 2.27. The molecule has 0 unspecified atom stereocenters. The van der Waals surface area contributed by atoms with Gasteiger partial charge in [-0.05, 0) is 12.8 Å². The Hall–Kier alpha value is -2.38.